The molecule has 0 atom stereocenters. The molecule has 7 heteroatoms. The number of carbonyl (C=O) groups is 1. The highest BCUT2D eigenvalue weighted by molar-refractivity contribution is 8.01. The molecule has 0 aliphatic heterocycles. The van der Waals surface area contributed by atoms with Gasteiger partial charge in [-0.2, -0.15) is 0 Å². The maximum Gasteiger partial charge on any atom is 0.261 e. The standard InChI is InChI=1S/C20H21N3O2S2/c1-4-5-6-7-8-11-26-20-22-16-10-9-15(12-17(16)27-20)21-19(24)18-13(2)23-25-14(18)3/h9-10,12H,4-5,8,11H2,1-3H3,(H,21,24). The van der Waals surface area contributed by atoms with Gasteiger partial charge >= 0.3 is 0 Å². The number of unbranched alkanes of at least 4 members (excludes halogenated alkanes) is 1. The lowest BCUT2D eigenvalue weighted by Crippen LogP contribution is -2.13. The molecule has 1 amide bonds. The summed E-state index contributed by atoms with van der Waals surface area (Å²) >= 11 is 3.35. The number of thioether (sulfide) groups is 1. The molecule has 0 unspecified atom stereocenters. The van der Waals surface area contributed by atoms with Crippen LogP contribution in [0.3, 0.4) is 0 Å². The largest absolute Gasteiger partial charge is 0.361 e. The van der Waals surface area contributed by atoms with Gasteiger partial charge in [0.1, 0.15) is 11.3 Å². The maximum atomic E-state index is 12.5. The topological polar surface area (TPSA) is 68.0 Å². The molecule has 0 bridgehead atoms. The molecule has 0 radical (unpaired) electrons. The van der Waals surface area contributed by atoms with Crippen LogP contribution in [0.15, 0.2) is 27.1 Å². The first kappa shape index (κ1) is 19.5. The summed E-state index contributed by atoms with van der Waals surface area (Å²) in [5.74, 6) is 7.59. The first-order chi connectivity index (χ1) is 13.1. The van der Waals surface area contributed by atoms with Crippen molar-refractivity contribution in [2.45, 2.75) is 44.4 Å². The summed E-state index contributed by atoms with van der Waals surface area (Å²) in [6, 6.07) is 5.75. The van der Waals surface area contributed by atoms with Gasteiger partial charge in [-0.25, -0.2) is 4.98 Å². The molecule has 5 nitrogen and oxygen atoms in total. The summed E-state index contributed by atoms with van der Waals surface area (Å²) in [4.78, 5) is 17.1. The van der Waals surface area contributed by atoms with Crippen molar-refractivity contribution in [2.75, 3.05) is 11.1 Å². The zero-order chi connectivity index (χ0) is 19.2. The molecule has 1 N–H and O–H groups in total. The molecule has 0 saturated heterocycles. The van der Waals surface area contributed by atoms with Crippen molar-refractivity contribution in [1.29, 1.82) is 0 Å². The molecule has 0 saturated carbocycles. The van der Waals surface area contributed by atoms with Gasteiger partial charge in [0.15, 0.2) is 4.34 Å². The Balaban J connectivity index is 1.65. The summed E-state index contributed by atoms with van der Waals surface area (Å²) < 4.78 is 7.14. The molecule has 27 heavy (non-hydrogen) atoms. The van der Waals surface area contributed by atoms with E-state index in [4.69, 9.17) is 4.52 Å². The molecule has 0 aliphatic carbocycles. The van der Waals surface area contributed by atoms with Crippen LogP contribution < -0.4 is 5.32 Å². The van der Waals surface area contributed by atoms with Crippen LogP contribution in [0, 0.1) is 25.7 Å². The van der Waals surface area contributed by atoms with Crippen LogP contribution in [-0.2, 0) is 0 Å². The molecule has 2 aromatic heterocycles. The second kappa shape index (κ2) is 9.07. The molecule has 140 valence electrons. The summed E-state index contributed by atoms with van der Waals surface area (Å²) in [5.41, 5.74) is 2.75. The first-order valence-corrected chi connectivity index (χ1v) is 10.6. The molecule has 0 aliphatic rings. The Kier molecular flexibility index (Phi) is 6.54. The third kappa shape index (κ3) is 4.90. The quantitative estimate of drug-likeness (QED) is 0.340. The smallest absolute Gasteiger partial charge is 0.261 e. The van der Waals surface area contributed by atoms with E-state index in [1.54, 1.807) is 36.9 Å². The molecule has 3 rings (SSSR count). The van der Waals surface area contributed by atoms with Crippen molar-refractivity contribution >= 4 is 44.9 Å². The van der Waals surface area contributed by atoms with Crippen LogP contribution in [0.4, 0.5) is 5.69 Å². The van der Waals surface area contributed by atoms with E-state index < -0.39 is 0 Å². The second-order valence-electron chi connectivity index (χ2n) is 6.02. The molecule has 2 heterocycles. The second-order valence-corrected chi connectivity index (χ2v) is 8.39. The highest BCUT2D eigenvalue weighted by Crippen LogP contribution is 2.31. The highest BCUT2D eigenvalue weighted by atomic mass is 32.2. The van der Waals surface area contributed by atoms with Crippen LogP contribution in [0.5, 0.6) is 0 Å². The number of hydrogen-bond donors (Lipinski definition) is 1. The van der Waals surface area contributed by atoms with Crippen LogP contribution in [0.1, 0.15) is 48.0 Å². The number of aromatic nitrogens is 2. The summed E-state index contributed by atoms with van der Waals surface area (Å²) in [5, 5.41) is 6.74. The number of nitrogens with zero attached hydrogens (tertiary/aromatic N) is 2. The number of carbonyl (C=O) groups excluding carboxylic acids is 1. The Labute approximate surface area is 166 Å². The Bertz CT molecular complexity index is 992. The zero-order valence-electron chi connectivity index (χ0n) is 15.6. The Morgan fingerprint density at radius 1 is 1.30 bits per heavy atom. The van der Waals surface area contributed by atoms with Gasteiger partial charge in [-0.1, -0.05) is 23.8 Å². The molecular formula is C20H21N3O2S2. The molecule has 0 spiro atoms. The molecule has 3 aromatic rings. The number of fused-ring (bicyclic) bond motifs is 1. The number of thiazole rings is 1. The number of rotatable bonds is 6. The van der Waals surface area contributed by atoms with Crippen LogP contribution in [0.25, 0.3) is 10.2 Å². The fourth-order valence-electron chi connectivity index (χ4n) is 2.53. The lowest BCUT2D eigenvalue weighted by atomic mass is 10.2. The van der Waals surface area contributed by atoms with Crippen molar-refractivity contribution in [3.05, 3.63) is 35.2 Å². The van der Waals surface area contributed by atoms with E-state index in [2.05, 4.69) is 34.2 Å². The van der Waals surface area contributed by atoms with Crippen molar-refractivity contribution in [1.82, 2.24) is 10.1 Å². The van der Waals surface area contributed by atoms with Crippen molar-refractivity contribution in [3.63, 3.8) is 0 Å². The summed E-state index contributed by atoms with van der Waals surface area (Å²) in [7, 11) is 0. The predicted octanol–water partition coefficient (Wildman–Crippen LogP) is 5.44. The third-order valence-electron chi connectivity index (χ3n) is 3.84. The highest BCUT2D eigenvalue weighted by Gasteiger charge is 2.17. The summed E-state index contributed by atoms with van der Waals surface area (Å²) in [6.07, 6.45) is 2.95. The first-order valence-electron chi connectivity index (χ1n) is 8.81. The van der Waals surface area contributed by atoms with E-state index in [0.717, 1.165) is 45.3 Å². The third-order valence-corrected chi connectivity index (χ3v) is 6.00. The Hall–Kier alpha value is -2.30. The van der Waals surface area contributed by atoms with Gasteiger partial charge < -0.3 is 9.84 Å². The molecule has 1 aromatic carbocycles. The minimum absolute atomic E-state index is 0.213. The van der Waals surface area contributed by atoms with Crippen molar-refractivity contribution in [2.24, 2.45) is 0 Å². The van der Waals surface area contributed by atoms with E-state index >= 15 is 0 Å². The van der Waals surface area contributed by atoms with Crippen LogP contribution in [0.2, 0.25) is 0 Å². The van der Waals surface area contributed by atoms with Crippen molar-refractivity contribution in [3.8, 4) is 11.8 Å². The van der Waals surface area contributed by atoms with Gasteiger partial charge in [0.05, 0.1) is 15.9 Å². The summed E-state index contributed by atoms with van der Waals surface area (Å²) in [6.45, 7) is 5.63. The van der Waals surface area contributed by atoms with Gasteiger partial charge in [0, 0.05) is 24.3 Å². The van der Waals surface area contributed by atoms with Crippen LogP contribution in [-0.4, -0.2) is 21.8 Å². The van der Waals surface area contributed by atoms with E-state index in [1.165, 1.54) is 0 Å². The van der Waals surface area contributed by atoms with E-state index in [1.807, 2.05) is 18.2 Å². The van der Waals surface area contributed by atoms with Gasteiger partial charge in [-0.05, 0) is 38.5 Å². The lowest BCUT2D eigenvalue weighted by Gasteiger charge is -2.04. The number of hydrogen-bond acceptors (Lipinski definition) is 6. The number of aryl methyl sites for hydroxylation is 2. The van der Waals surface area contributed by atoms with Gasteiger partial charge in [-0.15, -0.1) is 23.2 Å². The number of amides is 1. The Morgan fingerprint density at radius 3 is 2.85 bits per heavy atom. The number of benzene rings is 1. The van der Waals surface area contributed by atoms with E-state index in [9.17, 15) is 4.79 Å². The predicted molar refractivity (Wildman–Crippen MR) is 112 cm³/mol. The molecular weight excluding hydrogens is 378 g/mol. The van der Waals surface area contributed by atoms with Crippen molar-refractivity contribution < 1.29 is 9.32 Å². The average Bonchev–Trinajstić information content (AvgIpc) is 3.20. The minimum atomic E-state index is -0.213. The van der Waals surface area contributed by atoms with E-state index in [0.29, 0.717) is 17.0 Å². The maximum absolute atomic E-state index is 12.5. The average molecular weight is 400 g/mol. The zero-order valence-corrected chi connectivity index (χ0v) is 17.2. The van der Waals surface area contributed by atoms with Crippen LogP contribution >= 0.6 is 23.1 Å². The Morgan fingerprint density at radius 2 is 2.11 bits per heavy atom. The van der Waals surface area contributed by atoms with Gasteiger partial charge in [0.25, 0.3) is 5.91 Å². The SMILES string of the molecule is CCCC#CCCSc1nc2ccc(NC(=O)c3c(C)noc3C)cc2s1. The fourth-order valence-corrected chi connectivity index (χ4v) is 4.57. The minimum Gasteiger partial charge on any atom is -0.361 e. The molecule has 0 fully saturated rings. The van der Waals surface area contributed by atoms with Gasteiger partial charge in [-0.3, -0.25) is 4.79 Å². The number of anilines is 1. The fraction of sp³-hybridized carbons (Fsp3) is 0.350. The normalized spacial score (nSPS) is 10.6. The number of nitrogens with one attached hydrogen (secondary N) is 1. The van der Waals surface area contributed by atoms with Gasteiger partial charge in [0.2, 0.25) is 0 Å². The van der Waals surface area contributed by atoms with E-state index in [-0.39, 0.29) is 5.91 Å². The monoisotopic (exact) mass is 399 g/mol. The lowest BCUT2D eigenvalue weighted by molar-refractivity contribution is 0.102.